The Morgan fingerprint density at radius 1 is 1.24 bits per heavy atom. The normalized spacial score (nSPS) is 22.5. The summed E-state index contributed by atoms with van der Waals surface area (Å²) < 4.78 is 5.10. The summed E-state index contributed by atoms with van der Waals surface area (Å²) >= 11 is 0. The van der Waals surface area contributed by atoms with Crippen molar-refractivity contribution in [1.29, 1.82) is 5.26 Å². The van der Waals surface area contributed by atoms with E-state index < -0.39 is 0 Å². The summed E-state index contributed by atoms with van der Waals surface area (Å²) in [6.07, 6.45) is 0.927. The summed E-state index contributed by atoms with van der Waals surface area (Å²) in [5, 5.41) is 12.2. The zero-order valence-corrected chi connectivity index (χ0v) is 14.8. The standard InChI is InChI=1S/C19H26N4O2/c1-2-25-19(24)23-13-16-11-22(12-17(16)14-23)9-3-8-21-18-6-4-15(10-20)5-7-18/h4-7,16-17,21H,2-3,8-9,11-14H2,1H3. The van der Waals surface area contributed by atoms with E-state index >= 15 is 0 Å². The van der Waals surface area contributed by atoms with Crippen LogP contribution < -0.4 is 5.32 Å². The Bertz CT molecular complexity index is 611. The van der Waals surface area contributed by atoms with E-state index in [-0.39, 0.29) is 6.09 Å². The highest BCUT2D eigenvalue weighted by Gasteiger charge is 2.41. The molecular weight excluding hydrogens is 316 g/mol. The van der Waals surface area contributed by atoms with Gasteiger partial charge in [-0.25, -0.2) is 4.79 Å². The zero-order chi connectivity index (χ0) is 17.6. The number of fused-ring (bicyclic) bond motifs is 1. The molecule has 25 heavy (non-hydrogen) atoms. The molecule has 0 bridgehead atoms. The van der Waals surface area contributed by atoms with Gasteiger partial charge in [-0.05, 0) is 56.0 Å². The number of ether oxygens (including phenoxy) is 1. The van der Waals surface area contributed by atoms with Gasteiger partial charge >= 0.3 is 6.09 Å². The van der Waals surface area contributed by atoms with Crippen LogP contribution in [0.25, 0.3) is 0 Å². The smallest absolute Gasteiger partial charge is 0.409 e. The van der Waals surface area contributed by atoms with E-state index in [4.69, 9.17) is 10.00 Å². The minimum atomic E-state index is -0.157. The van der Waals surface area contributed by atoms with Crippen LogP contribution in [-0.4, -0.2) is 61.8 Å². The summed E-state index contributed by atoms with van der Waals surface area (Å²) in [5.41, 5.74) is 1.74. The molecule has 2 aliphatic heterocycles. The van der Waals surface area contributed by atoms with Gasteiger partial charge in [-0.15, -0.1) is 0 Å². The second kappa shape index (κ2) is 8.21. The van der Waals surface area contributed by atoms with E-state index in [0.29, 0.717) is 24.0 Å². The molecule has 1 aromatic rings. The summed E-state index contributed by atoms with van der Waals surface area (Å²) in [6.45, 7) is 8.13. The lowest BCUT2D eigenvalue weighted by Crippen LogP contribution is -2.34. The molecule has 6 nitrogen and oxygen atoms in total. The van der Waals surface area contributed by atoms with Crippen molar-refractivity contribution in [3.63, 3.8) is 0 Å². The molecule has 2 heterocycles. The van der Waals surface area contributed by atoms with E-state index in [1.54, 1.807) is 0 Å². The molecule has 1 N–H and O–H groups in total. The van der Waals surface area contributed by atoms with Crippen molar-refractivity contribution in [3.05, 3.63) is 29.8 Å². The Morgan fingerprint density at radius 2 is 1.92 bits per heavy atom. The molecule has 6 heteroatoms. The predicted octanol–water partition coefficient (Wildman–Crippen LogP) is 2.38. The Kier molecular flexibility index (Phi) is 5.77. The van der Waals surface area contributed by atoms with Gasteiger partial charge in [0.2, 0.25) is 0 Å². The number of nitriles is 1. The van der Waals surface area contributed by atoms with Crippen LogP contribution in [0.4, 0.5) is 10.5 Å². The molecular formula is C19H26N4O2. The first-order valence-corrected chi connectivity index (χ1v) is 9.07. The van der Waals surface area contributed by atoms with Gasteiger partial charge in [0.05, 0.1) is 18.2 Å². The lowest BCUT2D eigenvalue weighted by atomic mass is 10.0. The number of amides is 1. The fraction of sp³-hybridized carbons (Fsp3) is 0.579. The number of likely N-dealkylation sites (tertiary alicyclic amines) is 2. The molecule has 134 valence electrons. The minimum absolute atomic E-state index is 0.157. The van der Waals surface area contributed by atoms with Crippen LogP contribution >= 0.6 is 0 Å². The lowest BCUT2D eigenvalue weighted by molar-refractivity contribution is 0.111. The monoisotopic (exact) mass is 342 g/mol. The third kappa shape index (κ3) is 4.43. The summed E-state index contributed by atoms with van der Waals surface area (Å²) in [5.74, 6) is 1.19. The number of hydrogen-bond donors (Lipinski definition) is 1. The van der Waals surface area contributed by atoms with Gasteiger partial charge in [0.15, 0.2) is 0 Å². The molecule has 0 radical (unpaired) electrons. The number of carbonyl (C=O) groups excluding carboxylic acids is 1. The summed E-state index contributed by atoms with van der Waals surface area (Å²) in [7, 11) is 0. The minimum Gasteiger partial charge on any atom is -0.450 e. The molecule has 2 saturated heterocycles. The van der Waals surface area contributed by atoms with Gasteiger partial charge in [-0.2, -0.15) is 5.26 Å². The Balaban J connectivity index is 1.34. The molecule has 1 amide bonds. The van der Waals surface area contributed by atoms with Crippen LogP contribution in [0.1, 0.15) is 18.9 Å². The second-order valence-electron chi connectivity index (χ2n) is 6.85. The van der Waals surface area contributed by atoms with Crippen LogP contribution in [0.2, 0.25) is 0 Å². The number of benzene rings is 1. The van der Waals surface area contributed by atoms with E-state index in [9.17, 15) is 4.79 Å². The fourth-order valence-electron chi connectivity index (χ4n) is 3.83. The van der Waals surface area contributed by atoms with Crippen LogP contribution in [-0.2, 0) is 4.74 Å². The Morgan fingerprint density at radius 3 is 2.52 bits per heavy atom. The van der Waals surface area contributed by atoms with E-state index in [2.05, 4.69) is 16.3 Å². The van der Waals surface area contributed by atoms with Gasteiger partial charge in [-0.1, -0.05) is 0 Å². The quantitative estimate of drug-likeness (QED) is 0.804. The van der Waals surface area contributed by atoms with Crippen molar-refractivity contribution in [3.8, 4) is 6.07 Å². The second-order valence-corrected chi connectivity index (χ2v) is 6.85. The highest BCUT2D eigenvalue weighted by atomic mass is 16.6. The molecule has 0 aliphatic carbocycles. The maximum atomic E-state index is 11.8. The Labute approximate surface area is 149 Å². The van der Waals surface area contributed by atoms with Crippen molar-refractivity contribution in [2.75, 3.05) is 51.2 Å². The average molecular weight is 342 g/mol. The van der Waals surface area contributed by atoms with Gasteiger partial charge in [0.25, 0.3) is 0 Å². The maximum Gasteiger partial charge on any atom is 0.409 e. The van der Waals surface area contributed by atoms with Crippen LogP contribution in [0, 0.1) is 23.2 Å². The third-order valence-corrected chi connectivity index (χ3v) is 5.08. The number of rotatable bonds is 6. The predicted molar refractivity (Wildman–Crippen MR) is 96.3 cm³/mol. The largest absolute Gasteiger partial charge is 0.450 e. The zero-order valence-electron chi connectivity index (χ0n) is 14.8. The molecule has 2 unspecified atom stereocenters. The molecule has 2 aliphatic rings. The van der Waals surface area contributed by atoms with Crippen LogP contribution in [0.3, 0.4) is 0 Å². The molecule has 0 aromatic heterocycles. The van der Waals surface area contributed by atoms with Crippen molar-refractivity contribution in [2.24, 2.45) is 11.8 Å². The van der Waals surface area contributed by atoms with Crippen molar-refractivity contribution < 1.29 is 9.53 Å². The third-order valence-electron chi connectivity index (χ3n) is 5.08. The molecule has 1 aromatic carbocycles. The SMILES string of the molecule is CCOC(=O)N1CC2CN(CCCNc3ccc(C#N)cc3)CC2C1. The Hall–Kier alpha value is -2.26. The first kappa shape index (κ1) is 17.6. The first-order valence-electron chi connectivity index (χ1n) is 9.07. The van der Waals surface area contributed by atoms with Gasteiger partial charge in [0.1, 0.15) is 0 Å². The number of nitrogens with one attached hydrogen (secondary N) is 1. The van der Waals surface area contributed by atoms with E-state index in [1.165, 1.54) is 0 Å². The van der Waals surface area contributed by atoms with Gasteiger partial charge in [0, 0.05) is 38.4 Å². The molecule has 0 saturated carbocycles. The van der Waals surface area contributed by atoms with Crippen LogP contribution in [0.5, 0.6) is 0 Å². The highest BCUT2D eigenvalue weighted by molar-refractivity contribution is 5.68. The number of nitrogens with zero attached hydrogens (tertiary/aromatic N) is 3. The summed E-state index contributed by atoms with van der Waals surface area (Å²) in [6, 6.07) is 9.69. The van der Waals surface area contributed by atoms with Gasteiger partial charge < -0.3 is 19.9 Å². The van der Waals surface area contributed by atoms with E-state index in [1.807, 2.05) is 36.1 Å². The first-order chi connectivity index (χ1) is 12.2. The molecule has 2 fully saturated rings. The maximum absolute atomic E-state index is 11.8. The topological polar surface area (TPSA) is 68.6 Å². The molecule has 3 rings (SSSR count). The van der Waals surface area contributed by atoms with Gasteiger partial charge in [-0.3, -0.25) is 0 Å². The van der Waals surface area contributed by atoms with Crippen molar-refractivity contribution >= 4 is 11.8 Å². The van der Waals surface area contributed by atoms with Crippen LogP contribution in [0.15, 0.2) is 24.3 Å². The van der Waals surface area contributed by atoms with Crippen molar-refractivity contribution in [2.45, 2.75) is 13.3 Å². The highest BCUT2D eigenvalue weighted by Crippen LogP contribution is 2.31. The number of hydrogen-bond acceptors (Lipinski definition) is 5. The lowest BCUT2D eigenvalue weighted by Gasteiger charge is -2.21. The van der Waals surface area contributed by atoms with Crippen molar-refractivity contribution in [1.82, 2.24) is 9.80 Å². The number of carbonyl (C=O) groups is 1. The molecule has 0 spiro atoms. The summed E-state index contributed by atoms with van der Waals surface area (Å²) in [4.78, 5) is 16.2. The fourth-order valence-corrected chi connectivity index (χ4v) is 3.83. The number of anilines is 1. The van der Waals surface area contributed by atoms with E-state index in [0.717, 1.165) is 51.4 Å². The molecule has 2 atom stereocenters. The average Bonchev–Trinajstić information content (AvgIpc) is 3.18.